The number of aromatic hydroxyl groups is 2. The molecule has 0 aliphatic heterocycles. The summed E-state index contributed by atoms with van der Waals surface area (Å²) in [5.41, 5.74) is 10.1. The van der Waals surface area contributed by atoms with Crippen LogP contribution in [-0.2, 0) is 6.42 Å². The summed E-state index contributed by atoms with van der Waals surface area (Å²) in [6.07, 6.45) is 12.7. The van der Waals surface area contributed by atoms with Gasteiger partial charge in [0.25, 0.3) is 0 Å². The van der Waals surface area contributed by atoms with Crippen LogP contribution in [0.25, 0.3) is 0 Å². The van der Waals surface area contributed by atoms with E-state index in [0.717, 1.165) is 43.2 Å². The van der Waals surface area contributed by atoms with Crippen LogP contribution in [0, 0.1) is 0 Å². The third-order valence-corrected chi connectivity index (χ3v) is 10.7. The molecule has 2 N–H and O–H groups in total. The van der Waals surface area contributed by atoms with Crippen molar-refractivity contribution in [3.8, 4) is 11.5 Å². The number of phenols is 2. The summed E-state index contributed by atoms with van der Waals surface area (Å²) in [7, 11) is 0. The number of benzene rings is 4. The van der Waals surface area contributed by atoms with Crippen LogP contribution in [0.15, 0.2) is 84.9 Å². The molecule has 2 heteroatoms. The van der Waals surface area contributed by atoms with Crippen molar-refractivity contribution in [3.05, 3.63) is 129 Å². The van der Waals surface area contributed by atoms with E-state index in [0.29, 0.717) is 23.3 Å². The fourth-order valence-electron chi connectivity index (χ4n) is 8.26. The van der Waals surface area contributed by atoms with Gasteiger partial charge in [0.2, 0.25) is 0 Å². The van der Waals surface area contributed by atoms with Crippen LogP contribution in [0.5, 0.6) is 11.5 Å². The third kappa shape index (κ3) is 6.26. The van der Waals surface area contributed by atoms with Crippen LogP contribution in [-0.4, -0.2) is 10.2 Å². The Labute approximate surface area is 258 Å². The van der Waals surface area contributed by atoms with Gasteiger partial charge in [0.05, 0.1) is 0 Å². The molecule has 43 heavy (non-hydrogen) atoms. The average molecular weight is 573 g/mol. The van der Waals surface area contributed by atoms with Gasteiger partial charge in [-0.1, -0.05) is 125 Å². The molecule has 2 unspecified atom stereocenters. The lowest BCUT2D eigenvalue weighted by Crippen LogP contribution is -2.16. The zero-order chi connectivity index (χ0) is 29.8. The van der Waals surface area contributed by atoms with E-state index in [1.165, 1.54) is 71.9 Å². The fraction of sp³-hybridized carbons (Fsp3) is 0.415. The number of hydrogen-bond donors (Lipinski definition) is 2. The molecule has 0 spiro atoms. The lowest BCUT2D eigenvalue weighted by Gasteiger charge is -2.32. The lowest BCUT2D eigenvalue weighted by atomic mass is 9.73. The summed E-state index contributed by atoms with van der Waals surface area (Å²) in [4.78, 5) is 0. The van der Waals surface area contributed by atoms with Gasteiger partial charge in [-0.25, -0.2) is 0 Å². The van der Waals surface area contributed by atoms with E-state index in [4.69, 9.17) is 0 Å². The fourth-order valence-corrected chi connectivity index (χ4v) is 8.26. The maximum absolute atomic E-state index is 11.6. The molecule has 2 aliphatic rings. The highest BCUT2D eigenvalue weighted by Crippen LogP contribution is 2.47. The largest absolute Gasteiger partial charge is 0.508 e. The Morgan fingerprint density at radius 1 is 0.512 bits per heavy atom. The first-order valence-electron chi connectivity index (χ1n) is 16.8. The zero-order valence-corrected chi connectivity index (χ0v) is 26.1. The monoisotopic (exact) mass is 572 g/mol. The summed E-state index contributed by atoms with van der Waals surface area (Å²) in [6, 6.07) is 29.9. The second-order valence-electron chi connectivity index (χ2n) is 13.2. The van der Waals surface area contributed by atoms with E-state index >= 15 is 0 Å². The number of rotatable bonds is 8. The lowest BCUT2D eigenvalue weighted by molar-refractivity contribution is 0.409. The van der Waals surface area contributed by atoms with Gasteiger partial charge >= 0.3 is 0 Å². The summed E-state index contributed by atoms with van der Waals surface area (Å²) in [6.45, 7) is 4.63. The zero-order valence-electron chi connectivity index (χ0n) is 26.1. The molecule has 2 fully saturated rings. The highest BCUT2D eigenvalue weighted by atomic mass is 16.3. The van der Waals surface area contributed by atoms with E-state index in [2.05, 4.69) is 86.6 Å². The average Bonchev–Trinajstić information content (AvgIpc) is 3.06. The van der Waals surface area contributed by atoms with E-state index in [9.17, 15) is 10.2 Å². The standard InChI is InChI=1S/C41H48O2/c1-28(30-15-7-3-8-16-30)34-23-25-38(42)40(32-19-11-5-12-20-32)36(34)27-37-35(29(2)31-17-9-4-10-18-31)24-26-39(43)41(37)33-21-13-6-14-22-33/h3-4,7-10,15-18,23-26,28-29,32-33,42-43H,5-6,11-14,19-22,27H2,1-2H3. The topological polar surface area (TPSA) is 40.5 Å². The van der Waals surface area contributed by atoms with E-state index in [1.54, 1.807) is 0 Å². The molecule has 0 aromatic heterocycles. The summed E-state index contributed by atoms with van der Waals surface area (Å²) in [5, 5.41) is 23.2. The molecule has 2 aliphatic carbocycles. The van der Waals surface area contributed by atoms with Crippen molar-refractivity contribution in [1.82, 2.24) is 0 Å². The Morgan fingerprint density at radius 2 is 0.884 bits per heavy atom. The highest BCUT2D eigenvalue weighted by Gasteiger charge is 2.30. The van der Waals surface area contributed by atoms with Gasteiger partial charge in [-0.05, 0) is 89.5 Å². The minimum absolute atomic E-state index is 0.199. The molecule has 2 nitrogen and oxygen atoms in total. The molecule has 0 radical (unpaired) electrons. The van der Waals surface area contributed by atoms with E-state index < -0.39 is 0 Å². The molecule has 0 bridgehead atoms. The van der Waals surface area contributed by atoms with Crippen LogP contribution in [0.3, 0.4) is 0 Å². The second kappa shape index (κ2) is 13.4. The van der Waals surface area contributed by atoms with Crippen molar-refractivity contribution in [3.63, 3.8) is 0 Å². The Bertz CT molecular complexity index is 1380. The Hall–Kier alpha value is -3.52. The predicted octanol–water partition coefficient (Wildman–Crippen LogP) is 11.1. The van der Waals surface area contributed by atoms with Gasteiger partial charge in [-0.15, -0.1) is 0 Å². The molecule has 224 valence electrons. The van der Waals surface area contributed by atoms with Crippen molar-refractivity contribution in [2.24, 2.45) is 0 Å². The molecule has 2 atom stereocenters. The van der Waals surface area contributed by atoms with Crippen molar-refractivity contribution >= 4 is 0 Å². The predicted molar refractivity (Wildman–Crippen MR) is 179 cm³/mol. The van der Waals surface area contributed by atoms with Crippen LogP contribution in [0.2, 0.25) is 0 Å². The summed E-state index contributed by atoms with van der Waals surface area (Å²) >= 11 is 0. The SMILES string of the molecule is CC(c1ccccc1)c1ccc(O)c(C2CCCCC2)c1Cc1c(C(C)c2ccccc2)ccc(O)c1C1CCCCC1. The molecule has 0 heterocycles. The normalized spacial score (nSPS) is 17.9. The van der Waals surface area contributed by atoms with Crippen LogP contribution in [0.4, 0.5) is 0 Å². The van der Waals surface area contributed by atoms with Gasteiger partial charge in [-0.2, -0.15) is 0 Å². The first kappa shape index (κ1) is 29.5. The minimum Gasteiger partial charge on any atom is -0.508 e. The van der Waals surface area contributed by atoms with Gasteiger partial charge in [-0.3, -0.25) is 0 Å². The second-order valence-corrected chi connectivity index (χ2v) is 13.2. The Morgan fingerprint density at radius 3 is 1.26 bits per heavy atom. The minimum atomic E-state index is 0.199. The highest BCUT2D eigenvalue weighted by molar-refractivity contribution is 5.57. The van der Waals surface area contributed by atoms with Crippen molar-refractivity contribution in [2.45, 2.75) is 108 Å². The van der Waals surface area contributed by atoms with Gasteiger partial charge in [0.1, 0.15) is 11.5 Å². The molecule has 0 amide bonds. The van der Waals surface area contributed by atoms with Crippen molar-refractivity contribution in [1.29, 1.82) is 0 Å². The van der Waals surface area contributed by atoms with Gasteiger partial charge in [0, 0.05) is 23.0 Å². The molecule has 6 rings (SSSR count). The molecular formula is C41H48O2. The smallest absolute Gasteiger partial charge is 0.119 e. The van der Waals surface area contributed by atoms with Crippen molar-refractivity contribution < 1.29 is 10.2 Å². The first-order valence-corrected chi connectivity index (χ1v) is 16.8. The third-order valence-electron chi connectivity index (χ3n) is 10.7. The summed E-state index contributed by atoms with van der Waals surface area (Å²) in [5.74, 6) is 2.04. The number of hydrogen-bond acceptors (Lipinski definition) is 2. The van der Waals surface area contributed by atoms with Crippen LogP contribution >= 0.6 is 0 Å². The Balaban J connectivity index is 1.56. The van der Waals surface area contributed by atoms with Crippen molar-refractivity contribution in [2.75, 3.05) is 0 Å². The van der Waals surface area contributed by atoms with Gasteiger partial charge in [0.15, 0.2) is 0 Å². The molecule has 4 aromatic rings. The van der Waals surface area contributed by atoms with Crippen LogP contribution in [0.1, 0.15) is 146 Å². The van der Waals surface area contributed by atoms with E-state index in [-0.39, 0.29) is 11.8 Å². The van der Waals surface area contributed by atoms with Crippen LogP contribution < -0.4 is 0 Å². The maximum Gasteiger partial charge on any atom is 0.119 e. The quantitative estimate of drug-likeness (QED) is 0.220. The maximum atomic E-state index is 11.6. The van der Waals surface area contributed by atoms with Gasteiger partial charge < -0.3 is 10.2 Å². The molecule has 4 aromatic carbocycles. The molecule has 0 saturated heterocycles. The summed E-state index contributed by atoms with van der Waals surface area (Å²) < 4.78 is 0. The first-order chi connectivity index (χ1) is 21.0. The number of phenolic OH excluding ortho intramolecular Hbond substituents is 2. The van der Waals surface area contributed by atoms with E-state index in [1.807, 2.05) is 12.1 Å². The molecular weight excluding hydrogens is 524 g/mol. The molecule has 2 saturated carbocycles. The Kier molecular flexibility index (Phi) is 9.22.